The fourth-order valence-electron chi connectivity index (χ4n) is 1.62. The van der Waals surface area contributed by atoms with Crippen LogP contribution >= 0.6 is 23.2 Å². The first kappa shape index (κ1) is 18.0. The third-order valence-electron chi connectivity index (χ3n) is 2.56. The smallest absolute Gasteiger partial charge is 0.545 e. The van der Waals surface area contributed by atoms with Crippen molar-refractivity contribution in [1.29, 1.82) is 0 Å². The number of aromatic carboxylic acids is 1. The van der Waals surface area contributed by atoms with Gasteiger partial charge < -0.3 is 15.2 Å². The molecule has 0 fully saturated rings. The molecule has 0 spiro atoms. The van der Waals surface area contributed by atoms with E-state index in [4.69, 9.17) is 23.2 Å². The number of carbonyl (C=O) groups excluding carboxylic acids is 2. The monoisotopic (exact) mass is 331 g/mol. The standard InChI is InChI=1S/C14H9Cl2NO3.Na/c15-11-6-9(10(14(19)20)7-12(11)16)13(18)17-8-4-2-1-3-5-8;/h1-7H,(H,17,18)(H,19,20);/q;+1/p-1. The molecule has 0 aliphatic carbocycles. The minimum atomic E-state index is -1.50. The van der Waals surface area contributed by atoms with E-state index in [0.29, 0.717) is 5.69 Å². The molecule has 0 heterocycles. The average Bonchev–Trinajstić information content (AvgIpc) is 2.42. The summed E-state index contributed by atoms with van der Waals surface area (Å²) in [6, 6.07) is 10.9. The van der Waals surface area contributed by atoms with Crippen LogP contribution in [0, 0.1) is 0 Å². The maximum atomic E-state index is 12.1. The van der Waals surface area contributed by atoms with Crippen molar-refractivity contribution in [3.8, 4) is 0 Å². The number of carboxylic acid groups (broad SMARTS) is 1. The minimum Gasteiger partial charge on any atom is -0.545 e. The Morgan fingerprint density at radius 1 is 0.952 bits per heavy atom. The Morgan fingerprint density at radius 2 is 1.48 bits per heavy atom. The van der Waals surface area contributed by atoms with Gasteiger partial charge in [0, 0.05) is 11.3 Å². The molecule has 0 aliphatic heterocycles. The van der Waals surface area contributed by atoms with E-state index in [9.17, 15) is 14.7 Å². The van der Waals surface area contributed by atoms with E-state index < -0.39 is 11.9 Å². The predicted octanol–water partition coefficient (Wildman–Crippen LogP) is -0.387. The zero-order valence-corrected chi connectivity index (χ0v) is 14.5. The van der Waals surface area contributed by atoms with Crippen LogP contribution in [0.4, 0.5) is 5.69 Å². The Bertz CT molecular complexity index is 677. The molecule has 7 heteroatoms. The number of para-hydroxylation sites is 1. The third-order valence-corrected chi connectivity index (χ3v) is 3.28. The van der Waals surface area contributed by atoms with E-state index in [-0.39, 0.29) is 50.7 Å². The number of rotatable bonds is 3. The second-order valence-electron chi connectivity index (χ2n) is 3.92. The van der Waals surface area contributed by atoms with Gasteiger partial charge in [-0.2, -0.15) is 0 Å². The average molecular weight is 332 g/mol. The topological polar surface area (TPSA) is 69.2 Å². The molecule has 0 aromatic heterocycles. The molecular weight excluding hydrogens is 324 g/mol. The van der Waals surface area contributed by atoms with Crippen LogP contribution in [-0.2, 0) is 0 Å². The summed E-state index contributed by atoms with van der Waals surface area (Å²) in [7, 11) is 0. The van der Waals surface area contributed by atoms with Crippen LogP contribution in [-0.4, -0.2) is 11.9 Å². The quantitative estimate of drug-likeness (QED) is 0.779. The van der Waals surface area contributed by atoms with Gasteiger partial charge in [0.25, 0.3) is 5.91 Å². The second kappa shape index (κ2) is 7.82. The Labute approximate surface area is 153 Å². The van der Waals surface area contributed by atoms with Gasteiger partial charge in [-0.1, -0.05) is 41.4 Å². The van der Waals surface area contributed by atoms with Crippen LogP contribution in [0.5, 0.6) is 0 Å². The summed E-state index contributed by atoms with van der Waals surface area (Å²) in [6.45, 7) is 0. The van der Waals surface area contributed by atoms with Crippen molar-refractivity contribution in [2.24, 2.45) is 0 Å². The maximum Gasteiger partial charge on any atom is 1.00 e. The van der Waals surface area contributed by atoms with Crippen LogP contribution in [0.3, 0.4) is 0 Å². The van der Waals surface area contributed by atoms with Gasteiger partial charge in [-0.05, 0) is 24.3 Å². The van der Waals surface area contributed by atoms with Gasteiger partial charge in [0.15, 0.2) is 0 Å². The van der Waals surface area contributed by atoms with Crippen molar-refractivity contribution >= 4 is 40.8 Å². The first-order valence-electron chi connectivity index (χ1n) is 5.56. The first-order chi connectivity index (χ1) is 9.49. The van der Waals surface area contributed by atoms with E-state index in [1.807, 2.05) is 0 Å². The molecule has 0 radical (unpaired) electrons. The molecule has 0 unspecified atom stereocenters. The number of anilines is 1. The summed E-state index contributed by atoms with van der Waals surface area (Å²) in [6.07, 6.45) is 0. The molecule has 4 nitrogen and oxygen atoms in total. The van der Waals surface area contributed by atoms with Crippen LogP contribution in [0.15, 0.2) is 42.5 Å². The summed E-state index contributed by atoms with van der Waals surface area (Å²) in [5, 5.41) is 13.8. The molecule has 0 saturated carbocycles. The van der Waals surface area contributed by atoms with Crippen LogP contribution in [0.25, 0.3) is 0 Å². The van der Waals surface area contributed by atoms with Crippen molar-refractivity contribution in [2.75, 3.05) is 5.32 Å². The number of carbonyl (C=O) groups is 2. The van der Waals surface area contributed by atoms with E-state index in [1.54, 1.807) is 30.3 Å². The first-order valence-corrected chi connectivity index (χ1v) is 6.31. The molecule has 21 heavy (non-hydrogen) atoms. The van der Waals surface area contributed by atoms with Crippen molar-refractivity contribution < 1.29 is 44.3 Å². The molecule has 0 aliphatic rings. The second-order valence-corrected chi connectivity index (χ2v) is 4.73. The zero-order valence-electron chi connectivity index (χ0n) is 11.0. The number of hydrogen-bond donors (Lipinski definition) is 1. The van der Waals surface area contributed by atoms with Crippen molar-refractivity contribution in [3.05, 3.63) is 63.6 Å². The third kappa shape index (κ3) is 4.46. The number of benzene rings is 2. The number of hydrogen-bond acceptors (Lipinski definition) is 3. The molecule has 2 aromatic rings. The van der Waals surface area contributed by atoms with Gasteiger partial charge in [0.1, 0.15) is 0 Å². The van der Waals surface area contributed by atoms with E-state index in [2.05, 4.69) is 5.32 Å². The number of carboxylic acids is 1. The van der Waals surface area contributed by atoms with Gasteiger partial charge in [-0.25, -0.2) is 0 Å². The molecule has 1 amide bonds. The van der Waals surface area contributed by atoms with Crippen LogP contribution in [0.2, 0.25) is 10.0 Å². The largest absolute Gasteiger partial charge is 1.00 e. The Hall–Kier alpha value is -1.04. The molecule has 2 rings (SSSR count). The normalized spacial score (nSPS) is 9.62. The van der Waals surface area contributed by atoms with E-state index >= 15 is 0 Å². The number of nitrogens with one attached hydrogen (secondary N) is 1. The fraction of sp³-hybridized carbons (Fsp3) is 0. The summed E-state index contributed by atoms with van der Waals surface area (Å²) in [4.78, 5) is 23.1. The van der Waals surface area contributed by atoms with E-state index in [0.717, 1.165) is 6.07 Å². The molecule has 102 valence electrons. The van der Waals surface area contributed by atoms with Gasteiger partial charge >= 0.3 is 29.6 Å². The fourth-order valence-corrected chi connectivity index (χ4v) is 1.95. The van der Waals surface area contributed by atoms with Gasteiger partial charge in [-0.15, -0.1) is 0 Å². The molecule has 1 N–H and O–H groups in total. The van der Waals surface area contributed by atoms with Crippen LogP contribution in [0.1, 0.15) is 20.7 Å². The molecular formula is C14H8Cl2NNaO3. The summed E-state index contributed by atoms with van der Waals surface area (Å²) >= 11 is 11.6. The zero-order chi connectivity index (χ0) is 14.7. The Balaban J connectivity index is 0.00000220. The summed E-state index contributed by atoms with van der Waals surface area (Å²) in [5.74, 6) is -2.10. The molecule has 0 bridgehead atoms. The number of amides is 1. The van der Waals surface area contributed by atoms with Crippen molar-refractivity contribution in [2.45, 2.75) is 0 Å². The number of halogens is 2. The molecule has 0 saturated heterocycles. The van der Waals surface area contributed by atoms with Crippen molar-refractivity contribution in [1.82, 2.24) is 0 Å². The van der Waals surface area contributed by atoms with Crippen molar-refractivity contribution in [3.63, 3.8) is 0 Å². The van der Waals surface area contributed by atoms with Gasteiger partial charge in [0.05, 0.1) is 21.6 Å². The molecule has 2 aromatic carbocycles. The SMILES string of the molecule is O=C([O-])c1cc(Cl)c(Cl)cc1C(=O)Nc1ccccc1.[Na+]. The maximum absolute atomic E-state index is 12.1. The Morgan fingerprint density at radius 3 is 2.00 bits per heavy atom. The Kier molecular flexibility index (Phi) is 6.71. The van der Waals surface area contributed by atoms with Gasteiger partial charge in [-0.3, -0.25) is 4.79 Å². The minimum absolute atomic E-state index is 0. The molecule has 0 atom stereocenters. The summed E-state index contributed by atoms with van der Waals surface area (Å²) < 4.78 is 0. The predicted molar refractivity (Wildman–Crippen MR) is 75.2 cm³/mol. The summed E-state index contributed by atoms with van der Waals surface area (Å²) in [5.41, 5.74) is 0.115. The van der Waals surface area contributed by atoms with Gasteiger partial charge in [0.2, 0.25) is 0 Å². The van der Waals surface area contributed by atoms with Crippen LogP contribution < -0.4 is 40.0 Å². The van der Waals surface area contributed by atoms with E-state index in [1.165, 1.54) is 6.07 Å².